The average molecular weight is 1540 g/mol. The highest BCUT2D eigenvalue weighted by atomic mass is 16.2. The first-order chi connectivity index (χ1) is 53.2. The van der Waals surface area contributed by atoms with Crippen LogP contribution in [0.25, 0.3) is 10.9 Å². The van der Waals surface area contributed by atoms with Crippen molar-refractivity contribution in [2.45, 2.75) is 228 Å². The van der Waals surface area contributed by atoms with Gasteiger partial charge in [-0.25, -0.2) is 4.98 Å². The third-order valence-corrected chi connectivity index (χ3v) is 20.4. The first-order valence-corrected chi connectivity index (χ1v) is 38.5. The molecule has 11 atom stereocenters. The van der Waals surface area contributed by atoms with Crippen molar-refractivity contribution >= 4 is 105 Å². The van der Waals surface area contributed by atoms with Gasteiger partial charge in [0, 0.05) is 125 Å². The highest BCUT2D eigenvalue weighted by Crippen LogP contribution is 2.29. The van der Waals surface area contributed by atoms with Crippen LogP contribution in [0.1, 0.15) is 171 Å². The fourth-order valence-corrected chi connectivity index (χ4v) is 14.5. The van der Waals surface area contributed by atoms with E-state index in [-0.39, 0.29) is 171 Å². The first kappa shape index (κ1) is 87.1. The minimum absolute atomic E-state index is 0.0213. The zero-order chi connectivity index (χ0) is 80.5. The molecule has 0 bridgehead atoms. The Kier molecular flexibility index (Phi) is 34.9. The van der Waals surface area contributed by atoms with Crippen LogP contribution in [-0.4, -0.2) is 206 Å². The van der Waals surface area contributed by atoms with E-state index in [9.17, 15) is 33.6 Å². The number of aromatic nitrogens is 3. The molecule has 5 heterocycles. The number of unbranched alkanes of at least 4 members (excludes halogenated alkanes) is 4. The van der Waals surface area contributed by atoms with E-state index in [0.717, 1.165) is 10.9 Å². The van der Waals surface area contributed by atoms with Crippen LogP contribution in [0, 0.1) is 22.7 Å². The molecule has 0 aliphatic carbocycles. The number of nitrogens with two attached hydrogens (primary N) is 7. The lowest BCUT2D eigenvalue weighted by Crippen LogP contribution is -2.60. The average Bonchev–Trinajstić information content (AvgIpc) is 1.68. The van der Waals surface area contributed by atoms with Crippen LogP contribution in [-0.2, 0) is 76.8 Å². The molecular formula is C76H113N23O12. The van der Waals surface area contributed by atoms with E-state index in [1.165, 1.54) is 29.2 Å². The molecule has 35 heteroatoms. The predicted molar refractivity (Wildman–Crippen MR) is 417 cm³/mol. The maximum atomic E-state index is 15.4. The minimum Gasteiger partial charge on any atom is -0.388 e. The summed E-state index contributed by atoms with van der Waals surface area (Å²) in [5, 5.41) is 35.9. The van der Waals surface area contributed by atoms with Gasteiger partial charge in [0.15, 0.2) is 29.3 Å². The number of benzene rings is 2. The van der Waals surface area contributed by atoms with Gasteiger partial charge in [-0.3, -0.25) is 78.3 Å². The SMILES string of the molecule is CC(=O)N[C@@H](CCCCC(=N)N)C(=O)C[C@@H](CCCN=C(N)N)C(=O)N[C@@H](CCCCC(=N)N)C(=O)CCCCC[C@@H]1NC(=O)[C@H](CN)NC(=O)[C@H](Cc2c[nH]c3ccccc23)CC(=O)[C@H](CCCN=C(N)N)NC(=O)[C@@H](Cc2ccccc2)NC(=O)[C@H](Cc2cnc[nH]2)NC(=O)[C@@H]2CCCN2C(=O)[C@H]2CCCN2C1=O. The highest BCUT2D eigenvalue weighted by molar-refractivity contribution is 6.00. The van der Waals surface area contributed by atoms with Crippen LogP contribution in [0.15, 0.2) is 83.3 Å². The summed E-state index contributed by atoms with van der Waals surface area (Å²) in [4.78, 5) is 197. The van der Waals surface area contributed by atoms with Gasteiger partial charge in [-0.15, -0.1) is 0 Å². The number of Topliss-reactive ketones (excluding diaryl/α,β-unsaturated/α-hetero) is 3. The molecule has 3 aliphatic rings. The largest absolute Gasteiger partial charge is 0.388 e. The Bertz CT molecular complexity index is 3910. The number of nitrogens with one attached hydrogen (secondary N) is 11. The van der Waals surface area contributed by atoms with Crippen molar-refractivity contribution in [2.75, 3.05) is 32.7 Å². The predicted octanol–water partition coefficient (Wildman–Crippen LogP) is 0.0570. The number of aromatic amines is 2. The number of fused-ring (bicyclic) bond motifs is 3. The third-order valence-electron chi connectivity index (χ3n) is 20.4. The van der Waals surface area contributed by atoms with E-state index in [0.29, 0.717) is 61.8 Å². The van der Waals surface area contributed by atoms with Gasteiger partial charge in [-0.2, -0.15) is 0 Å². The summed E-state index contributed by atoms with van der Waals surface area (Å²) in [6.07, 6.45) is 8.30. The molecule has 0 unspecified atom stereocenters. The highest BCUT2D eigenvalue weighted by Gasteiger charge is 2.45. The second kappa shape index (κ2) is 44.5. The zero-order valence-corrected chi connectivity index (χ0v) is 63.4. The van der Waals surface area contributed by atoms with Crippen molar-refractivity contribution in [2.24, 2.45) is 62.0 Å². The second-order valence-corrected chi connectivity index (χ2v) is 29.0. The summed E-state index contributed by atoms with van der Waals surface area (Å²) >= 11 is 0. The molecule has 604 valence electrons. The summed E-state index contributed by atoms with van der Waals surface area (Å²) in [6, 6.07) is 4.91. The number of hydrogen-bond donors (Lipinski definition) is 18. The molecule has 0 saturated carbocycles. The van der Waals surface area contributed by atoms with E-state index >= 15 is 24.0 Å². The number of amidine groups is 2. The molecule has 2 aromatic heterocycles. The standard InChI is InChI=1S/C76H113N23O12/c1-45(100)91-54(24-11-13-31-66(80)81)63(102)38-47(20-14-32-87-75(82)83)67(104)92-53(23-10-12-30-65(78)79)62(101)29-7-3-6-25-56-73(110)99-35-17-28-61(99)74(111)98-34-16-27-60(98)72(109)96-58(40-50-43-86-44-90-50)70(107)95-57(36-46-18-4-2-5-19-46)69(106)93-55(26-15-33-88-76(84)85)64(103)39-48(68(105)97-59(41-77)71(108)94-56)37-49-42-89-52-22-9-8-21-51(49)52/h2,4-5,8-9,18-19,21-22,42-44,47-48,53-61,89H,3,6-7,10-17,20,23-41,77H2,1H3,(H3,78,79)(H3,80,81)(H,86,90)(H,91,100)(H,92,104)(H,93,106)(H,94,108)(H,95,107)(H,96,109)(H,97,105)(H4,82,83,87)(H4,84,85,88)/t47-,48-,53+,54+,55+,56+,57-,58+,59+,60+,61-/m1/s1. The van der Waals surface area contributed by atoms with E-state index in [2.05, 4.69) is 62.2 Å². The summed E-state index contributed by atoms with van der Waals surface area (Å²) in [7, 11) is 0. The first-order valence-electron chi connectivity index (χ1n) is 38.5. The number of guanidine groups is 2. The smallest absolute Gasteiger partial charge is 0.246 e. The second-order valence-electron chi connectivity index (χ2n) is 29.0. The molecule has 4 aromatic rings. The Labute approximate surface area is 645 Å². The van der Waals surface area contributed by atoms with Gasteiger partial charge < -0.3 is 97.1 Å². The maximum Gasteiger partial charge on any atom is 0.246 e. The van der Waals surface area contributed by atoms with Gasteiger partial charge in [0.2, 0.25) is 53.2 Å². The quantitative estimate of drug-likeness (QED) is 0.0160. The number of hydrogen-bond acceptors (Lipinski definition) is 18. The number of para-hydroxylation sites is 1. The number of amides is 9. The normalized spacial score (nSPS) is 21.2. The Hall–Kier alpha value is -11.1. The molecule has 3 fully saturated rings. The monoisotopic (exact) mass is 1540 g/mol. The van der Waals surface area contributed by atoms with Crippen molar-refractivity contribution in [1.82, 2.24) is 62.0 Å². The third kappa shape index (κ3) is 28.0. The molecule has 3 saturated heterocycles. The van der Waals surface area contributed by atoms with Crippen LogP contribution < -0.4 is 77.4 Å². The van der Waals surface area contributed by atoms with E-state index < -0.39 is 144 Å². The van der Waals surface area contributed by atoms with Gasteiger partial charge >= 0.3 is 0 Å². The maximum absolute atomic E-state index is 15.4. The van der Waals surface area contributed by atoms with Gasteiger partial charge in [0.1, 0.15) is 36.3 Å². The van der Waals surface area contributed by atoms with Crippen LogP contribution in [0.4, 0.5) is 0 Å². The Morgan fingerprint density at radius 3 is 1.77 bits per heavy atom. The number of carbonyl (C=O) groups excluding carboxylic acids is 12. The number of ketones is 3. The minimum atomic E-state index is -1.52. The molecule has 0 spiro atoms. The van der Waals surface area contributed by atoms with Crippen LogP contribution in [0.3, 0.4) is 0 Å². The Balaban J connectivity index is 1.19. The van der Waals surface area contributed by atoms with Crippen LogP contribution in [0.2, 0.25) is 0 Å². The fourth-order valence-electron chi connectivity index (χ4n) is 14.5. The lowest BCUT2D eigenvalue weighted by atomic mass is 9.89. The van der Waals surface area contributed by atoms with Crippen molar-refractivity contribution in [3.8, 4) is 0 Å². The van der Waals surface area contributed by atoms with Gasteiger partial charge in [0.25, 0.3) is 0 Å². The number of H-pyrrole nitrogens is 2. The molecule has 9 amide bonds. The number of rotatable bonds is 38. The van der Waals surface area contributed by atoms with Crippen molar-refractivity contribution in [1.29, 1.82) is 10.8 Å². The molecule has 2 aromatic carbocycles. The lowest BCUT2D eigenvalue weighted by Gasteiger charge is -2.34. The summed E-state index contributed by atoms with van der Waals surface area (Å²) in [5.41, 5.74) is 42.6. The van der Waals surface area contributed by atoms with Crippen molar-refractivity contribution < 1.29 is 57.5 Å². The molecule has 111 heavy (non-hydrogen) atoms. The topological polar surface area (TPSA) is 595 Å². The molecule has 25 N–H and O–H groups in total. The van der Waals surface area contributed by atoms with Crippen LogP contribution >= 0.6 is 0 Å². The van der Waals surface area contributed by atoms with Crippen molar-refractivity contribution in [3.63, 3.8) is 0 Å². The lowest BCUT2D eigenvalue weighted by molar-refractivity contribution is -0.148. The van der Waals surface area contributed by atoms with Crippen LogP contribution in [0.5, 0.6) is 0 Å². The van der Waals surface area contributed by atoms with Gasteiger partial charge in [-0.05, 0) is 114 Å². The number of nitrogens with zero attached hydrogens (tertiary/aromatic N) is 5. The van der Waals surface area contributed by atoms with Gasteiger partial charge in [-0.1, -0.05) is 74.2 Å². The van der Waals surface area contributed by atoms with E-state index in [4.69, 9.17) is 51.0 Å². The zero-order valence-electron chi connectivity index (χ0n) is 63.4. The Morgan fingerprint density at radius 1 is 0.568 bits per heavy atom. The van der Waals surface area contributed by atoms with E-state index in [1.54, 1.807) is 36.5 Å². The number of aliphatic imine (C=N–C) groups is 2. The summed E-state index contributed by atoms with van der Waals surface area (Å²) in [6.45, 7) is 1.14. The fraction of sp³-hybridized carbons (Fsp3) is 0.566. The number of carbonyl (C=O) groups is 12. The molecule has 7 rings (SSSR count). The summed E-state index contributed by atoms with van der Waals surface area (Å²) in [5.74, 6) is -10.2. The molecular weight excluding hydrogens is 1430 g/mol. The molecule has 3 aliphatic heterocycles. The molecule has 0 radical (unpaired) electrons. The molecule has 35 nitrogen and oxygen atoms in total. The van der Waals surface area contributed by atoms with Gasteiger partial charge in [0.05, 0.1) is 36.1 Å². The number of imidazole rings is 1. The summed E-state index contributed by atoms with van der Waals surface area (Å²) < 4.78 is 0. The van der Waals surface area contributed by atoms with Crippen molar-refractivity contribution in [3.05, 3.63) is 90.1 Å². The Morgan fingerprint density at radius 2 is 1.14 bits per heavy atom. The van der Waals surface area contributed by atoms with E-state index in [1.807, 2.05) is 24.3 Å².